The molecule has 3 aromatic carbocycles. The number of hydrazine groups is 1. The summed E-state index contributed by atoms with van der Waals surface area (Å²) in [6.45, 7) is 1.86. The monoisotopic (exact) mass is 379 g/mol. The van der Waals surface area contributed by atoms with Gasteiger partial charge in [0.2, 0.25) is 5.91 Å². The molecule has 1 amide bonds. The highest BCUT2D eigenvalue weighted by molar-refractivity contribution is 7.80. The van der Waals surface area contributed by atoms with Gasteiger partial charge in [0.25, 0.3) is 0 Å². The van der Waals surface area contributed by atoms with E-state index in [9.17, 15) is 4.79 Å². The summed E-state index contributed by atoms with van der Waals surface area (Å²) in [5, 5.41) is 5.46. The summed E-state index contributed by atoms with van der Waals surface area (Å²) >= 11 is 5.20. The molecule has 0 heterocycles. The van der Waals surface area contributed by atoms with Crippen LogP contribution < -0.4 is 20.9 Å². The quantitative estimate of drug-likeness (QED) is 0.473. The molecular formula is C21H21N3O2S. The largest absolute Gasteiger partial charge is 0.497 e. The van der Waals surface area contributed by atoms with Gasteiger partial charge in [-0.2, -0.15) is 0 Å². The standard InChI is InChI=1S/C21H21N3O2S/c1-14(15-8-9-17-13-19(26-2)11-10-16(17)12-15)20(25)23-24-21(27)22-18-6-4-3-5-7-18/h3-14H,1-2H3,(H,23,25)(H2,22,24,27). The minimum atomic E-state index is -0.330. The number of hydrogen-bond donors (Lipinski definition) is 3. The van der Waals surface area contributed by atoms with Crippen LogP contribution in [0.5, 0.6) is 5.75 Å². The summed E-state index contributed by atoms with van der Waals surface area (Å²) in [5.74, 6) is 0.313. The van der Waals surface area contributed by atoms with E-state index < -0.39 is 0 Å². The summed E-state index contributed by atoms with van der Waals surface area (Å²) in [5.41, 5.74) is 7.17. The molecule has 6 heteroatoms. The van der Waals surface area contributed by atoms with Crippen LogP contribution in [0.2, 0.25) is 0 Å². The van der Waals surface area contributed by atoms with Gasteiger partial charge in [-0.25, -0.2) is 0 Å². The Morgan fingerprint density at radius 1 is 0.963 bits per heavy atom. The first-order valence-electron chi connectivity index (χ1n) is 8.56. The van der Waals surface area contributed by atoms with Crippen molar-refractivity contribution in [2.24, 2.45) is 0 Å². The number of fused-ring (bicyclic) bond motifs is 1. The van der Waals surface area contributed by atoms with Crippen molar-refractivity contribution in [3.63, 3.8) is 0 Å². The number of ether oxygens (including phenoxy) is 1. The van der Waals surface area contributed by atoms with E-state index in [1.165, 1.54) is 0 Å². The van der Waals surface area contributed by atoms with Crippen molar-refractivity contribution < 1.29 is 9.53 Å². The van der Waals surface area contributed by atoms with E-state index in [2.05, 4.69) is 16.2 Å². The van der Waals surface area contributed by atoms with Gasteiger partial charge in [0.15, 0.2) is 5.11 Å². The molecule has 0 aliphatic carbocycles. The molecule has 0 aliphatic rings. The average molecular weight is 379 g/mol. The maximum absolute atomic E-state index is 12.5. The zero-order valence-corrected chi connectivity index (χ0v) is 16.0. The second kappa shape index (κ2) is 8.51. The van der Waals surface area contributed by atoms with E-state index in [0.717, 1.165) is 27.8 Å². The van der Waals surface area contributed by atoms with Gasteiger partial charge in [-0.1, -0.05) is 42.5 Å². The Morgan fingerprint density at radius 2 is 1.67 bits per heavy atom. The third-order valence-electron chi connectivity index (χ3n) is 4.30. The van der Waals surface area contributed by atoms with Crippen molar-refractivity contribution >= 4 is 39.7 Å². The minimum Gasteiger partial charge on any atom is -0.497 e. The number of amides is 1. The number of rotatable bonds is 4. The molecule has 0 saturated carbocycles. The molecule has 0 aromatic heterocycles. The molecule has 3 rings (SSSR count). The van der Waals surface area contributed by atoms with E-state index in [1.807, 2.05) is 73.7 Å². The van der Waals surface area contributed by atoms with E-state index in [-0.39, 0.29) is 11.8 Å². The van der Waals surface area contributed by atoms with Gasteiger partial charge in [0.1, 0.15) is 5.75 Å². The van der Waals surface area contributed by atoms with Gasteiger partial charge in [-0.15, -0.1) is 0 Å². The lowest BCUT2D eigenvalue weighted by Gasteiger charge is -2.16. The van der Waals surface area contributed by atoms with Gasteiger partial charge in [-0.05, 0) is 59.7 Å². The Balaban J connectivity index is 1.61. The van der Waals surface area contributed by atoms with Gasteiger partial charge >= 0.3 is 0 Å². The summed E-state index contributed by atoms with van der Waals surface area (Å²) < 4.78 is 5.24. The normalized spacial score (nSPS) is 11.5. The minimum absolute atomic E-state index is 0.167. The fourth-order valence-corrected chi connectivity index (χ4v) is 2.87. The van der Waals surface area contributed by atoms with Crippen molar-refractivity contribution in [1.82, 2.24) is 10.9 Å². The first kappa shape index (κ1) is 18.7. The second-order valence-corrected chi connectivity index (χ2v) is 6.54. The highest BCUT2D eigenvalue weighted by Gasteiger charge is 2.16. The fourth-order valence-electron chi connectivity index (χ4n) is 2.70. The average Bonchev–Trinajstić information content (AvgIpc) is 2.71. The van der Waals surface area contributed by atoms with Crippen molar-refractivity contribution in [2.75, 3.05) is 12.4 Å². The van der Waals surface area contributed by atoms with Crippen molar-refractivity contribution in [3.8, 4) is 5.75 Å². The number of anilines is 1. The predicted molar refractivity (Wildman–Crippen MR) is 113 cm³/mol. The molecule has 0 bridgehead atoms. The Bertz CT molecular complexity index is 960. The van der Waals surface area contributed by atoms with Crippen LogP contribution in [-0.2, 0) is 4.79 Å². The number of carbonyl (C=O) groups is 1. The van der Waals surface area contributed by atoms with E-state index in [1.54, 1.807) is 7.11 Å². The Hall–Kier alpha value is -3.12. The number of nitrogens with one attached hydrogen (secondary N) is 3. The van der Waals surface area contributed by atoms with Crippen LogP contribution in [0.4, 0.5) is 5.69 Å². The van der Waals surface area contributed by atoms with Crippen LogP contribution in [0.15, 0.2) is 66.7 Å². The van der Waals surface area contributed by atoms with Crippen LogP contribution >= 0.6 is 12.2 Å². The third kappa shape index (κ3) is 4.74. The highest BCUT2D eigenvalue weighted by atomic mass is 32.1. The van der Waals surface area contributed by atoms with Crippen LogP contribution in [0.25, 0.3) is 10.8 Å². The smallest absolute Gasteiger partial charge is 0.245 e. The van der Waals surface area contributed by atoms with Crippen molar-refractivity contribution in [2.45, 2.75) is 12.8 Å². The summed E-state index contributed by atoms with van der Waals surface area (Å²) in [7, 11) is 1.64. The lowest BCUT2D eigenvalue weighted by atomic mass is 9.97. The number of benzene rings is 3. The molecule has 0 spiro atoms. The Kier molecular flexibility index (Phi) is 5.88. The lowest BCUT2D eigenvalue weighted by Crippen LogP contribution is -2.45. The molecule has 0 radical (unpaired) electrons. The second-order valence-electron chi connectivity index (χ2n) is 6.13. The van der Waals surface area contributed by atoms with Crippen LogP contribution in [0, 0.1) is 0 Å². The summed E-state index contributed by atoms with van der Waals surface area (Å²) in [4.78, 5) is 12.5. The van der Waals surface area contributed by atoms with E-state index in [4.69, 9.17) is 17.0 Å². The zero-order valence-electron chi connectivity index (χ0n) is 15.2. The molecular weight excluding hydrogens is 358 g/mol. The molecule has 138 valence electrons. The lowest BCUT2D eigenvalue weighted by molar-refractivity contribution is -0.122. The molecule has 0 saturated heterocycles. The SMILES string of the molecule is COc1ccc2cc(C(C)C(=O)NNC(=S)Nc3ccccc3)ccc2c1. The highest BCUT2D eigenvalue weighted by Crippen LogP contribution is 2.25. The first-order valence-corrected chi connectivity index (χ1v) is 8.97. The molecule has 1 atom stereocenters. The number of carbonyl (C=O) groups excluding carboxylic acids is 1. The first-order chi connectivity index (χ1) is 13.1. The predicted octanol–water partition coefficient (Wildman–Crippen LogP) is 3.97. The summed E-state index contributed by atoms with van der Waals surface area (Å²) in [6, 6.07) is 21.3. The van der Waals surface area contributed by atoms with Gasteiger partial charge in [0.05, 0.1) is 13.0 Å². The van der Waals surface area contributed by atoms with Crippen LogP contribution in [0.1, 0.15) is 18.4 Å². The Labute approximate surface area is 163 Å². The van der Waals surface area contributed by atoms with Gasteiger partial charge < -0.3 is 10.1 Å². The van der Waals surface area contributed by atoms with Crippen LogP contribution in [0.3, 0.4) is 0 Å². The third-order valence-corrected chi connectivity index (χ3v) is 4.50. The Morgan fingerprint density at radius 3 is 2.41 bits per heavy atom. The molecule has 3 N–H and O–H groups in total. The van der Waals surface area contributed by atoms with Crippen molar-refractivity contribution in [3.05, 3.63) is 72.3 Å². The molecule has 1 unspecified atom stereocenters. The number of thiocarbonyl (C=S) groups is 1. The molecule has 0 aliphatic heterocycles. The van der Waals surface area contributed by atoms with Crippen molar-refractivity contribution in [1.29, 1.82) is 0 Å². The topological polar surface area (TPSA) is 62.4 Å². The number of para-hydroxylation sites is 1. The maximum atomic E-state index is 12.5. The number of hydrogen-bond acceptors (Lipinski definition) is 3. The van der Waals surface area contributed by atoms with Gasteiger partial charge in [-0.3, -0.25) is 15.6 Å². The molecule has 5 nitrogen and oxygen atoms in total. The maximum Gasteiger partial charge on any atom is 0.245 e. The molecule has 27 heavy (non-hydrogen) atoms. The van der Waals surface area contributed by atoms with E-state index in [0.29, 0.717) is 5.11 Å². The molecule has 3 aromatic rings. The number of methoxy groups -OCH3 is 1. The summed E-state index contributed by atoms with van der Waals surface area (Å²) in [6.07, 6.45) is 0. The molecule has 0 fully saturated rings. The van der Waals surface area contributed by atoms with Gasteiger partial charge in [0, 0.05) is 5.69 Å². The fraction of sp³-hybridized carbons (Fsp3) is 0.143. The zero-order chi connectivity index (χ0) is 19.2. The van der Waals surface area contributed by atoms with Crippen LogP contribution in [-0.4, -0.2) is 18.1 Å². The van der Waals surface area contributed by atoms with E-state index >= 15 is 0 Å².